The van der Waals surface area contributed by atoms with Crippen molar-refractivity contribution in [1.29, 1.82) is 0 Å². The highest BCUT2D eigenvalue weighted by Gasteiger charge is 2.43. The topological polar surface area (TPSA) is 40.9 Å². The Kier molecular flexibility index (Phi) is 6.13. The summed E-state index contributed by atoms with van der Waals surface area (Å²) in [6.45, 7) is 7.33. The van der Waals surface area contributed by atoms with Gasteiger partial charge in [-0.2, -0.15) is 4.52 Å². The summed E-state index contributed by atoms with van der Waals surface area (Å²) in [6.07, 6.45) is 0. The van der Waals surface area contributed by atoms with Crippen LogP contribution in [0.2, 0.25) is 0 Å². The highest BCUT2D eigenvalue weighted by atomic mass is 31.2. The van der Waals surface area contributed by atoms with E-state index in [-0.39, 0.29) is 5.54 Å². The second-order valence-corrected chi connectivity index (χ2v) is 14.3. The van der Waals surface area contributed by atoms with Gasteiger partial charge in [-0.3, -0.25) is 9.34 Å². The molecule has 0 aromatic heterocycles. The van der Waals surface area contributed by atoms with Crippen molar-refractivity contribution < 1.29 is 0 Å². The third-order valence-electron chi connectivity index (χ3n) is 3.61. The Hall–Kier alpha value is 0.260. The fourth-order valence-electron chi connectivity index (χ4n) is 2.87. The smallest absolute Gasteiger partial charge is 0.214 e. The summed E-state index contributed by atoms with van der Waals surface area (Å²) < 4.78 is 22.2. The van der Waals surface area contributed by atoms with Crippen molar-refractivity contribution in [2.24, 2.45) is 9.26 Å². The normalized spacial score (nSPS) is 27.5. The molecular formula is C13H35N7P2. The third kappa shape index (κ3) is 3.51. The van der Waals surface area contributed by atoms with E-state index in [1.807, 2.05) is 0 Å². The van der Waals surface area contributed by atoms with Crippen LogP contribution in [-0.2, 0) is 0 Å². The van der Waals surface area contributed by atoms with Gasteiger partial charge in [0.1, 0.15) is 0 Å². The Labute approximate surface area is 137 Å². The summed E-state index contributed by atoms with van der Waals surface area (Å²) in [6, 6.07) is 0. The number of nitrogens with zero attached hydrogens (tertiary/aromatic N) is 7. The molecule has 9 heteroatoms. The molecule has 0 aliphatic carbocycles. The Morgan fingerprint density at radius 2 is 1.32 bits per heavy atom. The lowest BCUT2D eigenvalue weighted by atomic mass is 10.1. The van der Waals surface area contributed by atoms with Crippen molar-refractivity contribution in [2.45, 2.75) is 26.3 Å². The van der Waals surface area contributed by atoms with Gasteiger partial charge in [0, 0.05) is 0 Å². The largest absolute Gasteiger partial charge is 0.252 e. The second kappa shape index (κ2) is 6.64. The van der Waals surface area contributed by atoms with Crippen LogP contribution in [0, 0.1) is 0 Å². The van der Waals surface area contributed by atoms with E-state index in [9.17, 15) is 0 Å². The Balaban J connectivity index is 3.84. The molecule has 0 aromatic carbocycles. The highest BCUT2D eigenvalue weighted by Crippen LogP contribution is 2.72. The molecule has 1 aliphatic heterocycles. The van der Waals surface area contributed by atoms with Crippen LogP contribution >= 0.6 is 15.0 Å². The maximum absolute atomic E-state index is 5.48. The molecule has 0 saturated carbocycles. The molecule has 132 valence electrons. The first kappa shape index (κ1) is 20.3. The lowest BCUT2D eigenvalue weighted by Crippen LogP contribution is -2.43. The van der Waals surface area contributed by atoms with Crippen LogP contribution in [0.15, 0.2) is 9.26 Å². The van der Waals surface area contributed by atoms with Crippen LogP contribution in [-0.4, -0.2) is 91.9 Å². The first-order chi connectivity index (χ1) is 9.79. The predicted molar refractivity (Wildman–Crippen MR) is 99.9 cm³/mol. The molecule has 7 nitrogen and oxygen atoms in total. The third-order valence-corrected chi connectivity index (χ3v) is 11.7. The van der Waals surface area contributed by atoms with Crippen LogP contribution < -0.4 is 0 Å². The van der Waals surface area contributed by atoms with E-state index in [1.165, 1.54) is 0 Å². The standard InChI is InChI=1S/C13H35N7P2/c1-13(2,3)14-21(16(4)5)15-22(17(6)7,18(8)9)20(11)12-19(21)10/h12H2,1-11H3. The Bertz CT molecular complexity index is 493. The molecule has 0 fully saturated rings. The molecule has 0 N–H and O–H groups in total. The van der Waals surface area contributed by atoms with E-state index in [1.54, 1.807) is 0 Å². The first-order valence-corrected chi connectivity index (χ1v) is 10.7. The van der Waals surface area contributed by atoms with Crippen LogP contribution in [0.5, 0.6) is 0 Å². The SMILES string of the molecule is CN(C)P1(=NC(C)(C)C)N=P(N(C)C)(N(C)C)N(C)CN1C. The molecule has 0 radical (unpaired) electrons. The molecule has 0 aromatic rings. The molecule has 1 rings (SSSR count). The predicted octanol–water partition coefficient (Wildman–Crippen LogP) is 3.20. The minimum atomic E-state index is -2.10. The van der Waals surface area contributed by atoms with E-state index in [2.05, 4.69) is 101 Å². The molecule has 0 amide bonds. The zero-order valence-corrected chi connectivity index (χ0v) is 18.0. The summed E-state index contributed by atoms with van der Waals surface area (Å²) in [5, 5.41) is 0. The van der Waals surface area contributed by atoms with Gasteiger partial charge in [-0.1, -0.05) is 0 Å². The van der Waals surface area contributed by atoms with Crippen molar-refractivity contribution in [3.63, 3.8) is 0 Å². The maximum atomic E-state index is 5.48. The molecule has 1 unspecified atom stereocenters. The van der Waals surface area contributed by atoms with Gasteiger partial charge in [0.2, 0.25) is 7.51 Å². The van der Waals surface area contributed by atoms with Crippen molar-refractivity contribution >= 4 is 15.0 Å². The second-order valence-electron chi connectivity index (χ2n) is 7.43. The zero-order chi connectivity index (χ0) is 17.5. The fourth-order valence-corrected chi connectivity index (χ4v) is 11.8. The quantitative estimate of drug-likeness (QED) is 0.731. The minimum absolute atomic E-state index is 0.125. The lowest BCUT2D eigenvalue weighted by molar-refractivity contribution is 0.321. The van der Waals surface area contributed by atoms with Crippen LogP contribution in [0.25, 0.3) is 0 Å². The molecule has 1 aliphatic rings. The Morgan fingerprint density at radius 3 is 1.64 bits per heavy atom. The molecule has 1 atom stereocenters. The summed E-state index contributed by atoms with van der Waals surface area (Å²) in [5.41, 5.74) is -0.125. The number of rotatable bonds is 3. The maximum Gasteiger partial charge on any atom is 0.214 e. The van der Waals surface area contributed by atoms with Gasteiger partial charge in [-0.05, 0) is 77.2 Å². The zero-order valence-electron chi connectivity index (χ0n) is 16.2. The van der Waals surface area contributed by atoms with Gasteiger partial charge in [0.25, 0.3) is 0 Å². The van der Waals surface area contributed by atoms with E-state index in [0.717, 1.165) is 6.67 Å². The summed E-state index contributed by atoms with van der Waals surface area (Å²) >= 11 is 0. The molecule has 1 heterocycles. The fraction of sp³-hybridized carbons (Fsp3) is 1.00. The number of hydrogen-bond donors (Lipinski definition) is 0. The van der Waals surface area contributed by atoms with Gasteiger partial charge < -0.3 is 0 Å². The average Bonchev–Trinajstić information content (AvgIpc) is 2.29. The van der Waals surface area contributed by atoms with Crippen molar-refractivity contribution in [2.75, 3.05) is 63.1 Å². The summed E-state index contributed by atoms with van der Waals surface area (Å²) in [4.78, 5) is 0. The molecule has 0 bridgehead atoms. The summed E-state index contributed by atoms with van der Waals surface area (Å²) in [7, 11) is 13.0. The molecule has 0 spiro atoms. The molecule has 0 saturated heterocycles. The molecular weight excluding hydrogens is 316 g/mol. The minimum Gasteiger partial charge on any atom is -0.252 e. The Morgan fingerprint density at radius 1 is 0.864 bits per heavy atom. The monoisotopic (exact) mass is 351 g/mol. The van der Waals surface area contributed by atoms with E-state index in [0.29, 0.717) is 0 Å². The van der Waals surface area contributed by atoms with E-state index in [4.69, 9.17) is 9.26 Å². The molecule has 22 heavy (non-hydrogen) atoms. The van der Waals surface area contributed by atoms with Gasteiger partial charge in [-0.15, -0.1) is 0 Å². The average molecular weight is 351 g/mol. The van der Waals surface area contributed by atoms with Crippen LogP contribution in [0.3, 0.4) is 0 Å². The van der Waals surface area contributed by atoms with Crippen molar-refractivity contribution in [3.05, 3.63) is 0 Å². The van der Waals surface area contributed by atoms with Crippen LogP contribution in [0.4, 0.5) is 0 Å². The number of hydrogen-bond acceptors (Lipinski definition) is 4. The van der Waals surface area contributed by atoms with Crippen molar-refractivity contribution in [1.82, 2.24) is 23.4 Å². The van der Waals surface area contributed by atoms with Gasteiger partial charge in [0.05, 0.1) is 12.2 Å². The van der Waals surface area contributed by atoms with Crippen LogP contribution in [0.1, 0.15) is 20.8 Å². The first-order valence-electron chi connectivity index (χ1n) is 7.53. The highest BCUT2D eigenvalue weighted by molar-refractivity contribution is 7.71. The lowest BCUT2D eigenvalue weighted by Gasteiger charge is -2.52. The van der Waals surface area contributed by atoms with Gasteiger partial charge in [-0.25, -0.2) is 18.8 Å². The van der Waals surface area contributed by atoms with Gasteiger partial charge in [0.15, 0.2) is 7.51 Å². The van der Waals surface area contributed by atoms with Crippen molar-refractivity contribution in [3.8, 4) is 0 Å². The summed E-state index contributed by atoms with van der Waals surface area (Å²) in [5.74, 6) is 0. The van der Waals surface area contributed by atoms with Gasteiger partial charge >= 0.3 is 0 Å². The van der Waals surface area contributed by atoms with E-state index >= 15 is 0 Å². The van der Waals surface area contributed by atoms with E-state index < -0.39 is 15.0 Å².